The number of ether oxygens (including phenoxy) is 1. The van der Waals surface area contributed by atoms with Gasteiger partial charge in [0.15, 0.2) is 5.75 Å². The van der Waals surface area contributed by atoms with E-state index in [0.717, 1.165) is 12.1 Å². The lowest BCUT2D eigenvalue weighted by Crippen LogP contribution is -2.27. The number of aromatic nitrogens is 2. The predicted molar refractivity (Wildman–Crippen MR) is 82.9 cm³/mol. The van der Waals surface area contributed by atoms with Crippen molar-refractivity contribution >= 4 is 26.0 Å². The molecule has 2 aromatic rings. The van der Waals surface area contributed by atoms with Crippen LogP contribution in [-0.4, -0.2) is 30.9 Å². The van der Waals surface area contributed by atoms with E-state index in [0.29, 0.717) is 13.0 Å². The summed E-state index contributed by atoms with van der Waals surface area (Å²) in [5, 5.41) is 0. The summed E-state index contributed by atoms with van der Waals surface area (Å²) in [7, 11) is -4.14. The number of aryl methyl sites for hydroxylation is 1. The second-order valence-corrected chi connectivity index (χ2v) is 7.34. The second-order valence-electron chi connectivity index (χ2n) is 4.69. The molecule has 0 saturated carbocycles. The third kappa shape index (κ3) is 5.49. The van der Waals surface area contributed by atoms with Crippen molar-refractivity contribution in [2.75, 3.05) is 6.54 Å². The number of benzene rings is 1. The van der Waals surface area contributed by atoms with Crippen LogP contribution in [0.5, 0.6) is 5.75 Å². The Balaban J connectivity index is 2.07. The molecule has 1 heterocycles. The van der Waals surface area contributed by atoms with Crippen molar-refractivity contribution in [3.8, 4) is 5.75 Å². The van der Waals surface area contributed by atoms with E-state index in [9.17, 15) is 21.6 Å². The zero-order valence-electron chi connectivity index (χ0n) is 12.1. The maximum absolute atomic E-state index is 12.4. The zero-order valence-corrected chi connectivity index (χ0v) is 14.5. The summed E-state index contributed by atoms with van der Waals surface area (Å²) >= 11 is 2.99. The quantitative estimate of drug-likeness (QED) is 0.689. The number of alkyl halides is 3. The van der Waals surface area contributed by atoms with Crippen LogP contribution in [0.3, 0.4) is 0 Å². The summed E-state index contributed by atoms with van der Waals surface area (Å²) in [6.45, 7) is 0.580. The normalized spacial score (nSPS) is 12.3. The molecular formula is C13H13BrF3N3O3S. The fraction of sp³-hybridized carbons (Fsp3) is 0.308. The largest absolute Gasteiger partial charge is 0.573 e. The molecule has 1 aromatic heterocycles. The van der Waals surface area contributed by atoms with E-state index in [4.69, 9.17) is 0 Å². The molecule has 0 spiro atoms. The van der Waals surface area contributed by atoms with Gasteiger partial charge in [-0.3, -0.25) is 0 Å². The van der Waals surface area contributed by atoms with Crippen LogP contribution in [-0.2, 0) is 16.6 Å². The summed E-state index contributed by atoms with van der Waals surface area (Å²) in [5.41, 5.74) is 0. The van der Waals surface area contributed by atoms with Crippen molar-refractivity contribution in [2.24, 2.45) is 0 Å². The average molecular weight is 428 g/mol. The van der Waals surface area contributed by atoms with Gasteiger partial charge in [-0.1, -0.05) is 15.9 Å². The van der Waals surface area contributed by atoms with E-state index in [1.165, 1.54) is 6.07 Å². The molecule has 1 N–H and O–H groups in total. The number of rotatable bonds is 7. The van der Waals surface area contributed by atoms with Crippen LogP contribution in [0.25, 0.3) is 0 Å². The Hall–Kier alpha value is -1.59. The summed E-state index contributed by atoms with van der Waals surface area (Å²) in [6.07, 6.45) is 0.345. The first-order valence-electron chi connectivity index (χ1n) is 6.68. The summed E-state index contributed by atoms with van der Waals surface area (Å²) in [4.78, 5) is 3.27. The maximum atomic E-state index is 12.4. The fourth-order valence-corrected chi connectivity index (χ4v) is 3.39. The molecule has 0 aliphatic carbocycles. The van der Waals surface area contributed by atoms with Gasteiger partial charge in [0.05, 0.1) is 6.33 Å². The number of sulfonamides is 1. The highest BCUT2D eigenvalue weighted by Crippen LogP contribution is 2.32. The topological polar surface area (TPSA) is 73.2 Å². The van der Waals surface area contributed by atoms with Gasteiger partial charge in [0.25, 0.3) is 0 Å². The summed E-state index contributed by atoms with van der Waals surface area (Å²) in [6, 6.07) is 3.32. The number of halogens is 4. The van der Waals surface area contributed by atoms with Crippen LogP contribution in [0.4, 0.5) is 13.2 Å². The van der Waals surface area contributed by atoms with Crippen molar-refractivity contribution in [2.45, 2.75) is 24.2 Å². The Morgan fingerprint density at radius 1 is 1.33 bits per heavy atom. The Morgan fingerprint density at radius 2 is 2.08 bits per heavy atom. The molecule has 0 amide bonds. The molecule has 0 fully saturated rings. The van der Waals surface area contributed by atoms with Gasteiger partial charge in [0.1, 0.15) is 4.90 Å². The van der Waals surface area contributed by atoms with Gasteiger partial charge in [-0.15, -0.1) is 13.2 Å². The summed E-state index contributed by atoms with van der Waals surface area (Å²) < 4.78 is 69.9. The lowest BCUT2D eigenvalue weighted by molar-refractivity contribution is -0.275. The van der Waals surface area contributed by atoms with Crippen LogP contribution >= 0.6 is 15.9 Å². The Labute approximate surface area is 144 Å². The van der Waals surface area contributed by atoms with Crippen molar-refractivity contribution in [3.63, 3.8) is 0 Å². The lowest BCUT2D eigenvalue weighted by Gasteiger charge is -2.14. The first-order valence-corrected chi connectivity index (χ1v) is 8.96. The molecule has 1 aromatic carbocycles. The van der Waals surface area contributed by atoms with E-state index in [1.54, 1.807) is 23.3 Å². The molecule has 0 saturated heterocycles. The van der Waals surface area contributed by atoms with Crippen LogP contribution in [0, 0.1) is 0 Å². The number of nitrogens with zero attached hydrogens (tertiary/aromatic N) is 2. The van der Waals surface area contributed by atoms with Crippen molar-refractivity contribution in [1.29, 1.82) is 0 Å². The second kappa shape index (κ2) is 7.53. The third-order valence-corrected chi connectivity index (χ3v) is 4.86. The molecule has 11 heteroatoms. The molecule has 0 aliphatic heterocycles. The lowest BCUT2D eigenvalue weighted by atomic mass is 10.3. The van der Waals surface area contributed by atoms with Crippen molar-refractivity contribution in [1.82, 2.24) is 14.3 Å². The van der Waals surface area contributed by atoms with Crippen LogP contribution < -0.4 is 9.46 Å². The standard InChI is InChI=1S/C13H13BrF3N3O3S/c14-10-2-3-12(11(8-10)23-13(15,16)17)24(21,22)19-4-1-6-20-7-5-18-9-20/h2-3,5,7-9,19H,1,4,6H2. The summed E-state index contributed by atoms with van der Waals surface area (Å²) in [5.74, 6) is -0.793. The SMILES string of the molecule is O=S(=O)(NCCCn1ccnc1)c1ccc(Br)cc1OC(F)(F)F. The minimum Gasteiger partial charge on any atom is -0.404 e. The highest BCUT2D eigenvalue weighted by molar-refractivity contribution is 9.10. The molecule has 0 unspecified atom stereocenters. The van der Waals surface area contributed by atoms with E-state index in [2.05, 4.69) is 30.4 Å². The predicted octanol–water partition coefficient (Wildman–Crippen LogP) is 2.91. The van der Waals surface area contributed by atoms with E-state index in [1.807, 2.05) is 0 Å². The Bertz CT molecular complexity index is 779. The first-order chi connectivity index (χ1) is 11.2. The van der Waals surface area contributed by atoms with Gasteiger partial charge in [0, 0.05) is 30.0 Å². The highest BCUT2D eigenvalue weighted by Gasteiger charge is 2.34. The van der Waals surface area contributed by atoms with Crippen LogP contribution in [0.2, 0.25) is 0 Å². The molecule has 132 valence electrons. The zero-order chi connectivity index (χ0) is 17.8. The monoisotopic (exact) mass is 427 g/mol. The molecule has 0 atom stereocenters. The maximum Gasteiger partial charge on any atom is 0.573 e. The molecule has 24 heavy (non-hydrogen) atoms. The molecule has 0 radical (unpaired) electrons. The average Bonchev–Trinajstić information content (AvgIpc) is 2.95. The number of hydrogen-bond acceptors (Lipinski definition) is 4. The fourth-order valence-electron chi connectivity index (χ4n) is 1.87. The van der Waals surface area contributed by atoms with Gasteiger partial charge in [0.2, 0.25) is 10.0 Å². The van der Waals surface area contributed by atoms with Gasteiger partial charge in [-0.25, -0.2) is 18.1 Å². The molecule has 6 nitrogen and oxygen atoms in total. The number of hydrogen-bond donors (Lipinski definition) is 1. The van der Waals surface area contributed by atoms with Crippen LogP contribution in [0.15, 0.2) is 46.3 Å². The van der Waals surface area contributed by atoms with Gasteiger partial charge >= 0.3 is 6.36 Å². The minimum atomic E-state index is -4.99. The minimum absolute atomic E-state index is 0.0576. The van der Waals surface area contributed by atoms with E-state index < -0.39 is 27.0 Å². The Morgan fingerprint density at radius 3 is 2.71 bits per heavy atom. The highest BCUT2D eigenvalue weighted by atomic mass is 79.9. The van der Waals surface area contributed by atoms with Crippen LogP contribution in [0.1, 0.15) is 6.42 Å². The van der Waals surface area contributed by atoms with E-state index >= 15 is 0 Å². The van der Waals surface area contributed by atoms with Gasteiger partial charge in [-0.2, -0.15) is 0 Å². The molecule has 2 rings (SSSR count). The van der Waals surface area contributed by atoms with Gasteiger partial charge < -0.3 is 9.30 Å². The smallest absolute Gasteiger partial charge is 0.404 e. The number of nitrogens with one attached hydrogen (secondary N) is 1. The Kier molecular flexibility index (Phi) is 5.88. The first kappa shape index (κ1) is 18.7. The third-order valence-electron chi connectivity index (χ3n) is 2.87. The van der Waals surface area contributed by atoms with Gasteiger partial charge in [-0.05, 0) is 24.6 Å². The molecule has 0 aliphatic rings. The number of imidazole rings is 1. The van der Waals surface area contributed by atoms with E-state index in [-0.39, 0.29) is 11.0 Å². The molecule has 0 bridgehead atoms. The van der Waals surface area contributed by atoms with Crippen molar-refractivity contribution in [3.05, 3.63) is 41.4 Å². The van der Waals surface area contributed by atoms with Crippen molar-refractivity contribution < 1.29 is 26.3 Å². The molecular weight excluding hydrogens is 415 g/mol.